The SMILES string of the molecule is O=P1(N(CCCl)CCCl)NCCCO1.[Pt]. The van der Waals surface area contributed by atoms with Gasteiger partial charge in [-0.15, -0.1) is 23.2 Å². The summed E-state index contributed by atoms with van der Waals surface area (Å²) in [6.07, 6.45) is 0.888. The monoisotopic (exact) mass is 455 g/mol. The number of alkyl halides is 2. The van der Waals surface area contributed by atoms with Gasteiger partial charge in [-0.05, 0) is 6.42 Å². The molecule has 0 radical (unpaired) electrons. The van der Waals surface area contributed by atoms with Gasteiger partial charge in [0.1, 0.15) is 0 Å². The molecule has 1 fully saturated rings. The van der Waals surface area contributed by atoms with Crippen molar-refractivity contribution in [3.63, 3.8) is 0 Å². The molecule has 0 aromatic heterocycles. The summed E-state index contributed by atoms with van der Waals surface area (Å²) in [5, 5.41) is 2.91. The fraction of sp³-hybridized carbons (Fsp3) is 1.00. The Balaban J connectivity index is 0.00000196. The van der Waals surface area contributed by atoms with Gasteiger partial charge in [-0.25, -0.2) is 9.76 Å². The molecule has 1 saturated heterocycles. The summed E-state index contributed by atoms with van der Waals surface area (Å²) >= 11 is 11.2. The number of nitrogens with zero attached hydrogens (tertiary/aromatic N) is 1. The summed E-state index contributed by atoms with van der Waals surface area (Å²) in [6.45, 7) is 2.31. The predicted octanol–water partition coefficient (Wildman–Crippen LogP) is 1.88. The van der Waals surface area contributed by atoms with Gasteiger partial charge in [-0.1, -0.05) is 0 Å². The Hall–Kier alpha value is 1.38. The van der Waals surface area contributed by atoms with Crippen LogP contribution in [0.4, 0.5) is 0 Å². The van der Waals surface area contributed by atoms with E-state index in [0.717, 1.165) is 13.0 Å². The molecule has 1 atom stereocenters. The molecule has 0 aromatic rings. The number of hydrogen-bond donors (Lipinski definition) is 1. The number of nitrogens with one attached hydrogen (secondary N) is 1. The molecular weight excluding hydrogens is 441 g/mol. The van der Waals surface area contributed by atoms with Crippen molar-refractivity contribution in [1.82, 2.24) is 9.76 Å². The van der Waals surface area contributed by atoms with Crippen LogP contribution < -0.4 is 5.09 Å². The van der Waals surface area contributed by atoms with Crippen LogP contribution >= 0.6 is 30.9 Å². The summed E-state index contributed by atoms with van der Waals surface area (Å²) in [7, 11) is -2.84. The standard InChI is InChI=1S/C7H15Cl2N2O2P.Pt/c8-2-5-11(6-3-9)14(12)10-4-1-7-13-14;/h1-7H2,(H,10,12);. The Morgan fingerprint density at radius 2 is 1.93 bits per heavy atom. The average Bonchev–Trinajstić information content (AvgIpc) is 2.19. The van der Waals surface area contributed by atoms with E-state index in [-0.39, 0.29) is 21.1 Å². The first kappa shape index (κ1) is 16.4. The Morgan fingerprint density at radius 3 is 2.33 bits per heavy atom. The van der Waals surface area contributed by atoms with Gasteiger partial charge < -0.3 is 4.52 Å². The minimum absolute atomic E-state index is 0. The Bertz CT molecular complexity index is 207. The van der Waals surface area contributed by atoms with Crippen LogP contribution in [0.2, 0.25) is 0 Å². The third-order valence-electron chi connectivity index (χ3n) is 1.96. The second-order valence-electron chi connectivity index (χ2n) is 2.95. The molecule has 0 bridgehead atoms. The second kappa shape index (κ2) is 8.47. The van der Waals surface area contributed by atoms with Gasteiger partial charge in [0.15, 0.2) is 0 Å². The van der Waals surface area contributed by atoms with Gasteiger partial charge in [0.25, 0.3) is 0 Å². The van der Waals surface area contributed by atoms with E-state index in [1.165, 1.54) is 0 Å². The molecule has 1 aliphatic rings. The van der Waals surface area contributed by atoms with Crippen LogP contribution in [-0.4, -0.2) is 42.7 Å². The van der Waals surface area contributed by atoms with E-state index >= 15 is 0 Å². The molecule has 0 saturated carbocycles. The molecule has 0 amide bonds. The van der Waals surface area contributed by atoms with Crippen molar-refractivity contribution in [1.29, 1.82) is 0 Å². The van der Waals surface area contributed by atoms with Crippen molar-refractivity contribution >= 4 is 30.9 Å². The second-order valence-corrected chi connectivity index (χ2v) is 5.88. The van der Waals surface area contributed by atoms with Gasteiger partial charge in [-0.2, -0.15) is 0 Å². The first-order valence-electron chi connectivity index (χ1n) is 4.60. The molecule has 94 valence electrons. The van der Waals surface area contributed by atoms with Crippen LogP contribution in [0.5, 0.6) is 0 Å². The van der Waals surface area contributed by atoms with Crippen molar-refractivity contribution in [3.8, 4) is 0 Å². The minimum atomic E-state index is -2.84. The molecule has 15 heavy (non-hydrogen) atoms. The molecular formula is C7H15Cl2N2O2PPt. The van der Waals surface area contributed by atoms with Gasteiger partial charge in [0.05, 0.1) is 6.61 Å². The Labute approximate surface area is 115 Å². The van der Waals surface area contributed by atoms with E-state index in [1.54, 1.807) is 4.67 Å². The van der Waals surface area contributed by atoms with Crippen molar-refractivity contribution in [2.75, 3.05) is 38.0 Å². The molecule has 4 nitrogen and oxygen atoms in total. The van der Waals surface area contributed by atoms with Crippen LogP contribution in [0, 0.1) is 0 Å². The van der Waals surface area contributed by atoms with E-state index in [9.17, 15) is 4.57 Å². The van der Waals surface area contributed by atoms with Crippen LogP contribution in [0.1, 0.15) is 6.42 Å². The first-order valence-corrected chi connectivity index (χ1v) is 7.24. The maximum absolute atomic E-state index is 12.2. The summed E-state index contributed by atoms with van der Waals surface area (Å²) < 4.78 is 19.2. The van der Waals surface area contributed by atoms with Gasteiger partial charge in [0, 0.05) is 52.5 Å². The summed E-state index contributed by atoms with van der Waals surface area (Å²) in [5.74, 6) is 0.845. The van der Waals surface area contributed by atoms with Crippen LogP contribution in [0.25, 0.3) is 0 Å². The Morgan fingerprint density at radius 1 is 1.33 bits per heavy atom. The number of rotatable bonds is 5. The molecule has 0 spiro atoms. The van der Waals surface area contributed by atoms with Crippen LogP contribution in [0.3, 0.4) is 0 Å². The fourth-order valence-electron chi connectivity index (χ4n) is 1.28. The zero-order chi connectivity index (χ0) is 10.4. The Kier molecular flexibility index (Phi) is 9.24. The van der Waals surface area contributed by atoms with E-state index in [2.05, 4.69) is 5.09 Å². The quantitative estimate of drug-likeness (QED) is 0.507. The molecule has 1 rings (SSSR count). The number of halogens is 2. The minimum Gasteiger partial charge on any atom is -0.306 e. The third kappa shape index (κ3) is 5.04. The van der Waals surface area contributed by atoms with Crippen molar-refractivity contribution in [2.24, 2.45) is 0 Å². The molecule has 1 aliphatic heterocycles. The van der Waals surface area contributed by atoms with E-state index < -0.39 is 7.67 Å². The van der Waals surface area contributed by atoms with Crippen LogP contribution in [-0.2, 0) is 30.2 Å². The molecule has 1 N–H and O–H groups in total. The van der Waals surface area contributed by atoms with Gasteiger partial charge >= 0.3 is 7.67 Å². The van der Waals surface area contributed by atoms with Crippen molar-refractivity contribution < 1.29 is 30.2 Å². The largest absolute Gasteiger partial charge is 0.343 e. The molecule has 1 heterocycles. The first-order chi connectivity index (χ1) is 6.73. The summed E-state index contributed by atoms with van der Waals surface area (Å²) in [6, 6.07) is 0. The molecule has 1 unspecified atom stereocenters. The van der Waals surface area contributed by atoms with Gasteiger partial charge in [-0.3, -0.25) is 4.57 Å². The normalized spacial score (nSPS) is 26.3. The zero-order valence-electron chi connectivity index (χ0n) is 8.23. The van der Waals surface area contributed by atoms with Crippen molar-refractivity contribution in [2.45, 2.75) is 6.42 Å². The summed E-state index contributed by atoms with van der Waals surface area (Å²) in [5.41, 5.74) is 0. The van der Waals surface area contributed by atoms with E-state index in [4.69, 9.17) is 27.7 Å². The number of hydrogen-bond acceptors (Lipinski definition) is 2. The smallest absolute Gasteiger partial charge is 0.306 e. The topological polar surface area (TPSA) is 41.6 Å². The molecule has 0 aromatic carbocycles. The zero-order valence-corrected chi connectivity index (χ0v) is 12.9. The maximum atomic E-state index is 12.2. The third-order valence-corrected chi connectivity index (χ3v) is 4.60. The molecule has 8 heteroatoms. The van der Waals surface area contributed by atoms with Gasteiger partial charge in [0.2, 0.25) is 0 Å². The molecule has 0 aliphatic carbocycles. The average molecular weight is 456 g/mol. The van der Waals surface area contributed by atoms with Crippen LogP contribution in [0.15, 0.2) is 0 Å². The van der Waals surface area contributed by atoms with E-state index in [1.807, 2.05) is 0 Å². The summed E-state index contributed by atoms with van der Waals surface area (Å²) in [4.78, 5) is 0. The predicted molar refractivity (Wildman–Crippen MR) is 59.2 cm³/mol. The van der Waals surface area contributed by atoms with E-state index in [0.29, 0.717) is 31.5 Å². The fourth-order valence-corrected chi connectivity index (χ4v) is 3.92. The van der Waals surface area contributed by atoms with Crippen molar-refractivity contribution in [3.05, 3.63) is 0 Å². The maximum Gasteiger partial charge on any atom is 0.343 e.